The minimum atomic E-state index is -2.99. The molecule has 0 saturated carbocycles. The molecule has 0 amide bonds. The number of hydrogen-bond acceptors (Lipinski definition) is 7. The van der Waals surface area contributed by atoms with Gasteiger partial charge < -0.3 is 15.1 Å². The fourth-order valence-electron chi connectivity index (χ4n) is 3.76. The minimum absolute atomic E-state index is 0.0192. The summed E-state index contributed by atoms with van der Waals surface area (Å²) in [5, 5.41) is 3.33. The Morgan fingerprint density at radius 1 is 1.23 bits per heavy atom. The van der Waals surface area contributed by atoms with E-state index in [1.807, 2.05) is 36.2 Å². The Morgan fingerprint density at radius 2 is 2.04 bits per heavy atom. The molecule has 1 aromatic heterocycles. The number of nitrogens with one attached hydrogen (secondary N) is 1. The van der Waals surface area contributed by atoms with Crippen LogP contribution in [-0.2, 0) is 16.4 Å². The fraction of sp³-hybridized carbons (Fsp3) is 0.444. The molecule has 1 aromatic carbocycles. The highest BCUT2D eigenvalue weighted by molar-refractivity contribution is 7.91. The molecule has 3 heterocycles. The summed E-state index contributed by atoms with van der Waals surface area (Å²) in [5.41, 5.74) is 1.19. The molecule has 2 fully saturated rings. The maximum absolute atomic E-state index is 12.0. The summed E-state index contributed by atoms with van der Waals surface area (Å²) in [7, 11) is -1.03. The average molecular weight is 373 g/mol. The normalized spacial score (nSPS) is 24.3. The van der Waals surface area contributed by atoms with Crippen LogP contribution in [0.4, 0.5) is 11.8 Å². The summed E-state index contributed by atoms with van der Waals surface area (Å²) in [5.74, 6) is 1.83. The molecule has 2 atom stereocenters. The lowest BCUT2D eigenvalue weighted by atomic mass is 10.1. The molecule has 2 saturated heterocycles. The van der Waals surface area contributed by atoms with Crippen molar-refractivity contribution in [2.24, 2.45) is 0 Å². The van der Waals surface area contributed by atoms with Crippen LogP contribution in [0.5, 0.6) is 0 Å². The molecule has 2 aliphatic heterocycles. The number of aromatic nitrogens is 2. The van der Waals surface area contributed by atoms with Gasteiger partial charge in [0, 0.05) is 38.9 Å². The standard InChI is InChI=1S/C18H23N5O2S/c1-22(11-14-5-3-2-4-6-14)18-20-8-7-17(21-18)23-10-9-19-15-12-26(24,25)13-16(15)23/h2-8,15-16,19H,9-13H2,1H3/t15-,16+/m0/s1. The third kappa shape index (κ3) is 3.52. The molecule has 7 nitrogen and oxygen atoms in total. The molecule has 4 rings (SSSR count). The van der Waals surface area contributed by atoms with E-state index in [0.717, 1.165) is 18.9 Å². The SMILES string of the molecule is CN(Cc1ccccc1)c1nccc(N2CCN[C@H]3CS(=O)(=O)C[C@H]32)n1. The van der Waals surface area contributed by atoms with Crippen LogP contribution in [-0.4, -0.2) is 62.1 Å². The highest BCUT2D eigenvalue weighted by Gasteiger charge is 2.43. The van der Waals surface area contributed by atoms with E-state index in [9.17, 15) is 8.42 Å². The van der Waals surface area contributed by atoms with E-state index in [-0.39, 0.29) is 23.6 Å². The molecular weight excluding hydrogens is 350 g/mol. The van der Waals surface area contributed by atoms with Crippen LogP contribution in [0.1, 0.15) is 5.56 Å². The van der Waals surface area contributed by atoms with Gasteiger partial charge in [-0.15, -0.1) is 0 Å². The molecular formula is C18H23N5O2S. The Balaban J connectivity index is 1.55. The molecule has 138 valence electrons. The zero-order valence-electron chi connectivity index (χ0n) is 14.7. The lowest BCUT2D eigenvalue weighted by molar-refractivity contribution is 0.422. The summed E-state index contributed by atoms with van der Waals surface area (Å²) in [6.07, 6.45) is 1.75. The second kappa shape index (κ2) is 6.85. The largest absolute Gasteiger partial charge is 0.350 e. The van der Waals surface area contributed by atoms with Crippen LogP contribution < -0.4 is 15.1 Å². The molecule has 8 heteroatoms. The Bertz CT molecular complexity index is 874. The number of rotatable bonds is 4. The van der Waals surface area contributed by atoms with Gasteiger partial charge in [-0.05, 0) is 11.6 Å². The van der Waals surface area contributed by atoms with Crippen molar-refractivity contribution in [1.29, 1.82) is 0 Å². The Hall–Kier alpha value is -2.19. The highest BCUT2D eigenvalue weighted by atomic mass is 32.2. The topological polar surface area (TPSA) is 78.4 Å². The van der Waals surface area contributed by atoms with Crippen molar-refractivity contribution in [2.75, 3.05) is 41.4 Å². The summed E-state index contributed by atoms with van der Waals surface area (Å²) >= 11 is 0. The van der Waals surface area contributed by atoms with Crippen LogP contribution in [0.3, 0.4) is 0 Å². The monoisotopic (exact) mass is 373 g/mol. The lowest BCUT2D eigenvalue weighted by Crippen LogP contribution is -2.57. The average Bonchev–Trinajstić information content (AvgIpc) is 2.96. The Morgan fingerprint density at radius 3 is 2.85 bits per heavy atom. The van der Waals surface area contributed by atoms with Gasteiger partial charge in [0.15, 0.2) is 9.84 Å². The number of hydrogen-bond donors (Lipinski definition) is 1. The Kier molecular flexibility index (Phi) is 4.54. The van der Waals surface area contributed by atoms with Crippen LogP contribution in [0.15, 0.2) is 42.6 Å². The van der Waals surface area contributed by atoms with Crippen LogP contribution in [0.25, 0.3) is 0 Å². The zero-order valence-corrected chi connectivity index (χ0v) is 15.6. The summed E-state index contributed by atoms with van der Waals surface area (Å²) in [4.78, 5) is 13.2. The van der Waals surface area contributed by atoms with Gasteiger partial charge in [-0.1, -0.05) is 30.3 Å². The molecule has 1 N–H and O–H groups in total. The first-order valence-electron chi connectivity index (χ1n) is 8.80. The van der Waals surface area contributed by atoms with E-state index in [1.165, 1.54) is 5.56 Å². The van der Waals surface area contributed by atoms with Crippen molar-refractivity contribution < 1.29 is 8.42 Å². The van der Waals surface area contributed by atoms with E-state index < -0.39 is 9.84 Å². The third-order valence-corrected chi connectivity index (χ3v) is 6.73. The maximum Gasteiger partial charge on any atom is 0.227 e. The molecule has 2 aromatic rings. The number of nitrogens with zero attached hydrogens (tertiary/aromatic N) is 4. The molecule has 26 heavy (non-hydrogen) atoms. The summed E-state index contributed by atoms with van der Waals surface area (Å²) in [6.45, 7) is 2.22. The third-order valence-electron chi connectivity index (χ3n) is 5.01. The predicted molar refractivity (Wildman–Crippen MR) is 102 cm³/mol. The van der Waals surface area contributed by atoms with E-state index in [4.69, 9.17) is 4.98 Å². The smallest absolute Gasteiger partial charge is 0.227 e. The van der Waals surface area contributed by atoms with Gasteiger partial charge in [0.1, 0.15) is 5.82 Å². The zero-order chi connectivity index (χ0) is 18.1. The number of fused-ring (bicyclic) bond motifs is 1. The second-order valence-electron chi connectivity index (χ2n) is 6.95. The van der Waals surface area contributed by atoms with Gasteiger partial charge in [0.2, 0.25) is 5.95 Å². The molecule has 0 unspecified atom stereocenters. The Labute approximate surface area is 154 Å². The molecule has 0 aliphatic carbocycles. The summed E-state index contributed by atoms with van der Waals surface area (Å²) in [6, 6.07) is 12.0. The van der Waals surface area contributed by atoms with Crippen molar-refractivity contribution in [3.63, 3.8) is 0 Å². The number of anilines is 2. The van der Waals surface area contributed by atoms with E-state index in [2.05, 4.69) is 27.3 Å². The summed E-state index contributed by atoms with van der Waals surface area (Å²) < 4.78 is 24.1. The first-order chi connectivity index (χ1) is 12.5. The predicted octanol–water partition coefficient (Wildman–Crippen LogP) is 0.688. The van der Waals surface area contributed by atoms with Crippen molar-refractivity contribution in [2.45, 2.75) is 18.6 Å². The molecule has 0 radical (unpaired) electrons. The van der Waals surface area contributed by atoms with Gasteiger partial charge in [-0.2, -0.15) is 4.98 Å². The van der Waals surface area contributed by atoms with Crippen LogP contribution >= 0.6 is 0 Å². The van der Waals surface area contributed by atoms with Crippen molar-refractivity contribution in [3.05, 3.63) is 48.2 Å². The van der Waals surface area contributed by atoms with Gasteiger partial charge in [0.05, 0.1) is 17.5 Å². The van der Waals surface area contributed by atoms with Crippen LogP contribution in [0, 0.1) is 0 Å². The quantitative estimate of drug-likeness (QED) is 0.845. The number of sulfone groups is 1. The van der Waals surface area contributed by atoms with E-state index >= 15 is 0 Å². The van der Waals surface area contributed by atoms with Gasteiger partial charge >= 0.3 is 0 Å². The highest BCUT2D eigenvalue weighted by Crippen LogP contribution is 2.26. The number of benzene rings is 1. The number of piperazine rings is 1. The van der Waals surface area contributed by atoms with Gasteiger partial charge in [-0.3, -0.25) is 0 Å². The molecule has 0 spiro atoms. The fourth-order valence-corrected chi connectivity index (χ4v) is 5.72. The second-order valence-corrected chi connectivity index (χ2v) is 9.11. The van der Waals surface area contributed by atoms with Crippen molar-refractivity contribution >= 4 is 21.6 Å². The van der Waals surface area contributed by atoms with Crippen molar-refractivity contribution in [1.82, 2.24) is 15.3 Å². The lowest BCUT2D eigenvalue weighted by Gasteiger charge is -2.38. The first-order valence-corrected chi connectivity index (χ1v) is 10.6. The van der Waals surface area contributed by atoms with Crippen molar-refractivity contribution in [3.8, 4) is 0 Å². The first kappa shape index (κ1) is 17.2. The van der Waals surface area contributed by atoms with Gasteiger partial charge in [-0.25, -0.2) is 13.4 Å². The van der Waals surface area contributed by atoms with E-state index in [0.29, 0.717) is 12.5 Å². The minimum Gasteiger partial charge on any atom is -0.350 e. The maximum atomic E-state index is 12.0. The van der Waals surface area contributed by atoms with Gasteiger partial charge in [0.25, 0.3) is 0 Å². The molecule has 2 aliphatic rings. The van der Waals surface area contributed by atoms with E-state index in [1.54, 1.807) is 6.20 Å². The molecule has 0 bridgehead atoms. The van der Waals surface area contributed by atoms with Crippen LogP contribution in [0.2, 0.25) is 0 Å².